The van der Waals surface area contributed by atoms with Gasteiger partial charge in [0.05, 0.1) is 0 Å². The molecule has 16 heavy (non-hydrogen) atoms. The van der Waals surface area contributed by atoms with Crippen molar-refractivity contribution in [3.8, 4) is 0 Å². The molecule has 4 heteroatoms. The van der Waals surface area contributed by atoms with E-state index in [1.54, 1.807) is 0 Å². The van der Waals surface area contributed by atoms with E-state index in [4.69, 9.17) is 0 Å². The molecule has 0 aromatic rings. The van der Waals surface area contributed by atoms with Crippen LogP contribution >= 0.6 is 0 Å². The van der Waals surface area contributed by atoms with E-state index in [0.29, 0.717) is 11.8 Å². The highest BCUT2D eigenvalue weighted by Crippen LogP contribution is 2.16. The van der Waals surface area contributed by atoms with Gasteiger partial charge in [0, 0.05) is 26.6 Å². The highest BCUT2D eigenvalue weighted by molar-refractivity contribution is 5.76. The standard InChI is InChI=1S/C12H25N3O/c1-14(2)8-9-15(3)12(16)10-11-4-6-13-7-5-11/h11,13H,4-10H2,1-3H3. The molecule has 1 heterocycles. The first kappa shape index (κ1) is 13.5. The second-order valence-electron chi connectivity index (χ2n) is 5.02. The van der Waals surface area contributed by atoms with Crippen LogP contribution in [-0.4, -0.2) is 63.0 Å². The van der Waals surface area contributed by atoms with Crippen molar-refractivity contribution in [3.05, 3.63) is 0 Å². The van der Waals surface area contributed by atoms with Gasteiger partial charge < -0.3 is 15.1 Å². The Kier molecular flexibility index (Phi) is 5.77. The van der Waals surface area contributed by atoms with E-state index in [1.807, 2.05) is 26.0 Å². The molecule has 0 bridgehead atoms. The van der Waals surface area contributed by atoms with Crippen molar-refractivity contribution in [2.45, 2.75) is 19.3 Å². The number of piperidine rings is 1. The van der Waals surface area contributed by atoms with Gasteiger partial charge in [-0.25, -0.2) is 0 Å². The summed E-state index contributed by atoms with van der Waals surface area (Å²) < 4.78 is 0. The van der Waals surface area contributed by atoms with Gasteiger partial charge in [-0.05, 0) is 45.9 Å². The molecule has 0 atom stereocenters. The molecular weight excluding hydrogens is 202 g/mol. The Labute approximate surface area is 99.0 Å². The maximum absolute atomic E-state index is 11.9. The summed E-state index contributed by atoms with van der Waals surface area (Å²) in [4.78, 5) is 15.9. The molecule has 0 radical (unpaired) electrons. The molecule has 1 N–H and O–H groups in total. The molecule has 0 aromatic carbocycles. The van der Waals surface area contributed by atoms with Gasteiger partial charge in [0.1, 0.15) is 0 Å². The third kappa shape index (κ3) is 4.94. The molecule has 0 saturated carbocycles. The normalized spacial score (nSPS) is 17.8. The van der Waals surface area contributed by atoms with Crippen molar-refractivity contribution in [2.24, 2.45) is 5.92 Å². The van der Waals surface area contributed by atoms with E-state index < -0.39 is 0 Å². The Morgan fingerprint density at radius 1 is 1.19 bits per heavy atom. The van der Waals surface area contributed by atoms with Gasteiger partial charge in [-0.1, -0.05) is 0 Å². The van der Waals surface area contributed by atoms with Gasteiger partial charge in [-0.3, -0.25) is 4.79 Å². The number of hydrogen-bond donors (Lipinski definition) is 1. The van der Waals surface area contributed by atoms with E-state index >= 15 is 0 Å². The molecule has 4 nitrogen and oxygen atoms in total. The smallest absolute Gasteiger partial charge is 0.222 e. The zero-order chi connectivity index (χ0) is 12.0. The van der Waals surface area contributed by atoms with Crippen molar-refractivity contribution < 1.29 is 4.79 Å². The third-order valence-electron chi connectivity index (χ3n) is 3.23. The number of likely N-dealkylation sites (N-methyl/N-ethyl adjacent to an activating group) is 2. The zero-order valence-electron chi connectivity index (χ0n) is 10.8. The predicted octanol–water partition coefficient (Wildman–Crippen LogP) is 0.396. The van der Waals surface area contributed by atoms with Crippen molar-refractivity contribution in [3.63, 3.8) is 0 Å². The average Bonchev–Trinajstić information content (AvgIpc) is 2.27. The van der Waals surface area contributed by atoms with Crippen LogP contribution < -0.4 is 5.32 Å². The summed E-state index contributed by atoms with van der Waals surface area (Å²) in [5.41, 5.74) is 0. The number of amides is 1. The van der Waals surface area contributed by atoms with Crippen LogP contribution in [0.3, 0.4) is 0 Å². The number of nitrogens with zero attached hydrogens (tertiary/aromatic N) is 2. The van der Waals surface area contributed by atoms with E-state index in [9.17, 15) is 4.79 Å². The molecule has 0 aliphatic carbocycles. The fourth-order valence-corrected chi connectivity index (χ4v) is 1.96. The molecule has 0 aromatic heterocycles. The second kappa shape index (κ2) is 6.86. The average molecular weight is 227 g/mol. The molecule has 0 unspecified atom stereocenters. The van der Waals surface area contributed by atoms with Gasteiger partial charge >= 0.3 is 0 Å². The minimum absolute atomic E-state index is 0.300. The first-order valence-corrected chi connectivity index (χ1v) is 6.19. The Hall–Kier alpha value is -0.610. The van der Waals surface area contributed by atoms with Crippen molar-refractivity contribution in [1.29, 1.82) is 0 Å². The number of hydrogen-bond acceptors (Lipinski definition) is 3. The minimum Gasteiger partial charge on any atom is -0.344 e. The molecular formula is C12H25N3O. The Bertz CT molecular complexity index is 212. The second-order valence-corrected chi connectivity index (χ2v) is 5.02. The van der Waals surface area contributed by atoms with Crippen LogP contribution in [-0.2, 0) is 4.79 Å². The summed E-state index contributed by atoms with van der Waals surface area (Å²) in [5.74, 6) is 0.893. The molecule has 1 amide bonds. The summed E-state index contributed by atoms with van der Waals surface area (Å²) in [6, 6.07) is 0. The van der Waals surface area contributed by atoms with Crippen LogP contribution in [0, 0.1) is 5.92 Å². The molecule has 1 rings (SSSR count). The zero-order valence-corrected chi connectivity index (χ0v) is 10.8. The van der Waals surface area contributed by atoms with Crippen molar-refractivity contribution in [1.82, 2.24) is 15.1 Å². The Morgan fingerprint density at radius 2 is 1.81 bits per heavy atom. The van der Waals surface area contributed by atoms with Gasteiger partial charge in [-0.2, -0.15) is 0 Å². The quantitative estimate of drug-likeness (QED) is 0.738. The summed E-state index contributed by atoms with van der Waals surface area (Å²) >= 11 is 0. The summed E-state index contributed by atoms with van der Waals surface area (Å²) in [6.07, 6.45) is 3.02. The number of rotatable bonds is 5. The molecule has 0 spiro atoms. The maximum atomic E-state index is 11.9. The maximum Gasteiger partial charge on any atom is 0.222 e. The van der Waals surface area contributed by atoms with Crippen LogP contribution in [0.15, 0.2) is 0 Å². The fourth-order valence-electron chi connectivity index (χ4n) is 1.96. The van der Waals surface area contributed by atoms with E-state index in [-0.39, 0.29) is 0 Å². The highest BCUT2D eigenvalue weighted by atomic mass is 16.2. The summed E-state index contributed by atoms with van der Waals surface area (Å²) in [6.45, 7) is 3.91. The van der Waals surface area contributed by atoms with E-state index in [2.05, 4.69) is 10.2 Å². The summed E-state index contributed by atoms with van der Waals surface area (Å²) in [5, 5.41) is 3.33. The lowest BCUT2D eigenvalue weighted by Crippen LogP contribution is -2.36. The van der Waals surface area contributed by atoms with E-state index in [0.717, 1.165) is 45.4 Å². The topological polar surface area (TPSA) is 35.6 Å². The predicted molar refractivity (Wildman–Crippen MR) is 66.4 cm³/mol. The van der Waals surface area contributed by atoms with Crippen molar-refractivity contribution in [2.75, 3.05) is 47.3 Å². The molecule has 94 valence electrons. The van der Waals surface area contributed by atoms with Crippen molar-refractivity contribution >= 4 is 5.91 Å². The Morgan fingerprint density at radius 3 is 2.38 bits per heavy atom. The lowest BCUT2D eigenvalue weighted by Gasteiger charge is -2.25. The minimum atomic E-state index is 0.300. The third-order valence-corrected chi connectivity index (χ3v) is 3.23. The lowest BCUT2D eigenvalue weighted by atomic mass is 9.94. The largest absolute Gasteiger partial charge is 0.344 e. The van der Waals surface area contributed by atoms with Gasteiger partial charge in [0.2, 0.25) is 5.91 Å². The van der Waals surface area contributed by atoms with Crippen LogP contribution in [0.2, 0.25) is 0 Å². The SMILES string of the molecule is CN(C)CCN(C)C(=O)CC1CCNCC1. The highest BCUT2D eigenvalue weighted by Gasteiger charge is 2.18. The lowest BCUT2D eigenvalue weighted by molar-refractivity contribution is -0.131. The van der Waals surface area contributed by atoms with Crippen LogP contribution in [0.4, 0.5) is 0 Å². The monoisotopic (exact) mass is 227 g/mol. The first-order chi connectivity index (χ1) is 7.59. The summed E-state index contributed by atoms with van der Waals surface area (Å²) in [7, 11) is 5.98. The molecule has 1 fully saturated rings. The molecule has 1 aliphatic rings. The van der Waals surface area contributed by atoms with Gasteiger partial charge in [-0.15, -0.1) is 0 Å². The van der Waals surface area contributed by atoms with Gasteiger partial charge in [0.15, 0.2) is 0 Å². The Balaban J connectivity index is 2.22. The number of carbonyl (C=O) groups excluding carboxylic acids is 1. The number of nitrogens with one attached hydrogen (secondary N) is 1. The molecule has 1 saturated heterocycles. The first-order valence-electron chi connectivity index (χ1n) is 6.19. The fraction of sp³-hybridized carbons (Fsp3) is 0.917. The van der Waals surface area contributed by atoms with Crippen LogP contribution in [0.5, 0.6) is 0 Å². The number of carbonyl (C=O) groups is 1. The van der Waals surface area contributed by atoms with Crippen LogP contribution in [0.1, 0.15) is 19.3 Å². The molecule has 1 aliphatic heterocycles. The van der Waals surface area contributed by atoms with Crippen LogP contribution in [0.25, 0.3) is 0 Å². The van der Waals surface area contributed by atoms with Gasteiger partial charge in [0.25, 0.3) is 0 Å². The van der Waals surface area contributed by atoms with E-state index in [1.165, 1.54) is 0 Å².